The van der Waals surface area contributed by atoms with E-state index >= 15 is 0 Å². The van der Waals surface area contributed by atoms with Crippen molar-refractivity contribution >= 4 is 11.6 Å². The lowest BCUT2D eigenvalue weighted by molar-refractivity contribution is -0.138. The van der Waals surface area contributed by atoms with Crippen molar-refractivity contribution in [3.63, 3.8) is 0 Å². The molecule has 0 aromatic heterocycles. The van der Waals surface area contributed by atoms with E-state index in [1.54, 1.807) is 17.0 Å². The first kappa shape index (κ1) is 11.9. The maximum absolute atomic E-state index is 13.7. The smallest absolute Gasteiger partial charge is 0.225 e. The predicted octanol–water partition coefficient (Wildman–Crippen LogP) is 2.17. The Bertz CT molecular complexity index is 433. The van der Waals surface area contributed by atoms with Crippen LogP contribution in [0, 0.1) is 11.7 Å². The van der Waals surface area contributed by atoms with Crippen molar-refractivity contribution in [2.75, 3.05) is 12.3 Å². The van der Waals surface area contributed by atoms with Crippen molar-refractivity contribution in [3.8, 4) is 0 Å². The molecular formula is C13H17FN2O. The molecule has 1 aliphatic rings. The van der Waals surface area contributed by atoms with Gasteiger partial charge in [-0.15, -0.1) is 0 Å². The standard InChI is InChI=1S/C13H17FN2O/c1-9-4-3-7-16(13(9)17)8-10-5-2-6-11(15)12(10)14/h2,5-6,9H,3-4,7-8,15H2,1H3. The van der Waals surface area contributed by atoms with Gasteiger partial charge in [-0.05, 0) is 18.9 Å². The quantitative estimate of drug-likeness (QED) is 0.800. The van der Waals surface area contributed by atoms with Crippen molar-refractivity contribution in [3.05, 3.63) is 29.6 Å². The molecule has 0 aliphatic carbocycles. The molecule has 1 aromatic carbocycles. The molecule has 2 rings (SSSR count). The van der Waals surface area contributed by atoms with E-state index in [2.05, 4.69) is 0 Å². The van der Waals surface area contributed by atoms with Gasteiger partial charge in [0.2, 0.25) is 5.91 Å². The number of carbonyl (C=O) groups excluding carboxylic acids is 1. The Morgan fingerprint density at radius 1 is 1.53 bits per heavy atom. The number of nitrogens with two attached hydrogens (primary N) is 1. The van der Waals surface area contributed by atoms with Gasteiger partial charge in [0.15, 0.2) is 5.82 Å². The molecule has 0 saturated carbocycles. The largest absolute Gasteiger partial charge is 0.396 e. The van der Waals surface area contributed by atoms with Crippen molar-refractivity contribution < 1.29 is 9.18 Å². The number of hydrogen-bond donors (Lipinski definition) is 1. The van der Waals surface area contributed by atoms with Gasteiger partial charge >= 0.3 is 0 Å². The summed E-state index contributed by atoms with van der Waals surface area (Å²) in [6.45, 7) is 2.95. The first-order chi connectivity index (χ1) is 8.09. The van der Waals surface area contributed by atoms with Gasteiger partial charge in [-0.3, -0.25) is 4.79 Å². The summed E-state index contributed by atoms with van der Waals surface area (Å²) in [5.74, 6) is -0.246. The van der Waals surface area contributed by atoms with Crippen LogP contribution in [0.2, 0.25) is 0 Å². The highest BCUT2D eigenvalue weighted by molar-refractivity contribution is 5.79. The molecular weight excluding hydrogens is 219 g/mol. The molecule has 1 unspecified atom stereocenters. The van der Waals surface area contributed by atoms with Gasteiger partial charge in [-0.2, -0.15) is 0 Å². The zero-order valence-electron chi connectivity index (χ0n) is 9.95. The van der Waals surface area contributed by atoms with Gasteiger partial charge in [0.25, 0.3) is 0 Å². The molecule has 3 nitrogen and oxygen atoms in total. The SMILES string of the molecule is CC1CCCN(Cc2cccc(N)c2F)C1=O. The van der Waals surface area contributed by atoms with Crippen molar-refractivity contribution in [2.45, 2.75) is 26.3 Å². The third-order valence-corrected chi connectivity index (χ3v) is 3.27. The first-order valence-corrected chi connectivity index (χ1v) is 5.91. The molecule has 1 heterocycles. The topological polar surface area (TPSA) is 46.3 Å². The summed E-state index contributed by atoms with van der Waals surface area (Å²) in [6, 6.07) is 4.92. The third-order valence-electron chi connectivity index (χ3n) is 3.27. The number of amides is 1. The van der Waals surface area contributed by atoms with Crippen LogP contribution < -0.4 is 5.73 Å². The van der Waals surface area contributed by atoms with E-state index in [0.717, 1.165) is 12.8 Å². The van der Waals surface area contributed by atoms with Crippen LogP contribution in [0.15, 0.2) is 18.2 Å². The first-order valence-electron chi connectivity index (χ1n) is 5.91. The molecule has 2 N–H and O–H groups in total. The zero-order valence-corrected chi connectivity index (χ0v) is 9.95. The second kappa shape index (κ2) is 4.73. The fraction of sp³-hybridized carbons (Fsp3) is 0.462. The number of hydrogen-bond acceptors (Lipinski definition) is 2. The van der Waals surface area contributed by atoms with Crippen LogP contribution in [-0.2, 0) is 11.3 Å². The molecule has 1 atom stereocenters. The van der Waals surface area contributed by atoms with Gasteiger partial charge in [0.1, 0.15) is 0 Å². The van der Waals surface area contributed by atoms with E-state index in [1.165, 1.54) is 6.07 Å². The van der Waals surface area contributed by atoms with Crippen LogP contribution in [0.3, 0.4) is 0 Å². The van der Waals surface area contributed by atoms with Gasteiger partial charge in [-0.1, -0.05) is 19.1 Å². The summed E-state index contributed by atoms with van der Waals surface area (Å²) < 4.78 is 13.7. The fourth-order valence-electron chi connectivity index (χ4n) is 2.22. The van der Waals surface area contributed by atoms with E-state index in [0.29, 0.717) is 18.7 Å². The zero-order chi connectivity index (χ0) is 12.4. The molecule has 1 saturated heterocycles. The summed E-state index contributed by atoms with van der Waals surface area (Å²) in [6.07, 6.45) is 1.91. The van der Waals surface area contributed by atoms with Gasteiger partial charge in [0, 0.05) is 24.6 Å². The Labute approximate surface area is 100 Å². The minimum atomic E-state index is -0.404. The molecule has 0 radical (unpaired) electrons. The van der Waals surface area contributed by atoms with Crippen LogP contribution in [0.4, 0.5) is 10.1 Å². The van der Waals surface area contributed by atoms with Crippen LogP contribution in [-0.4, -0.2) is 17.4 Å². The highest BCUT2D eigenvalue weighted by Crippen LogP contribution is 2.22. The molecule has 0 spiro atoms. The lowest BCUT2D eigenvalue weighted by atomic mass is 9.98. The molecule has 1 fully saturated rings. The number of anilines is 1. The highest BCUT2D eigenvalue weighted by Gasteiger charge is 2.25. The van der Waals surface area contributed by atoms with E-state index < -0.39 is 5.82 Å². The normalized spacial score (nSPS) is 20.7. The summed E-state index contributed by atoms with van der Waals surface area (Å²) in [7, 11) is 0. The lowest BCUT2D eigenvalue weighted by Crippen LogP contribution is -2.39. The second-order valence-electron chi connectivity index (χ2n) is 4.62. The number of nitrogen functional groups attached to an aromatic ring is 1. The third kappa shape index (κ3) is 2.40. The summed E-state index contributed by atoms with van der Waals surface area (Å²) >= 11 is 0. The fourth-order valence-corrected chi connectivity index (χ4v) is 2.22. The summed E-state index contributed by atoms with van der Waals surface area (Å²) in [4.78, 5) is 13.6. The van der Waals surface area contributed by atoms with Crippen molar-refractivity contribution in [1.82, 2.24) is 4.90 Å². The Hall–Kier alpha value is -1.58. The molecule has 0 bridgehead atoms. The second-order valence-corrected chi connectivity index (χ2v) is 4.62. The van der Waals surface area contributed by atoms with Gasteiger partial charge in [0.05, 0.1) is 5.69 Å². The maximum Gasteiger partial charge on any atom is 0.225 e. The molecule has 4 heteroatoms. The molecule has 1 amide bonds. The van der Waals surface area contributed by atoms with E-state index in [-0.39, 0.29) is 17.5 Å². The predicted molar refractivity (Wildman–Crippen MR) is 64.6 cm³/mol. The number of rotatable bonds is 2. The van der Waals surface area contributed by atoms with Gasteiger partial charge < -0.3 is 10.6 Å². The summed E-state index contributed by atoms with van der Waals surface area (Å²) in [5.41, 5.74) is 6.14. The van der Waals surface area contributed by atoms with Gasteiger partial charge in [-0.25, -0.2) is 4.39 Å². The number of likely N-dealkylation sites (tertiary alicyclic amines) is 1. The average Bonchev–Trinajstić information content (AvgIpc) is 2.31. The van der Waals surface area contributed by atoms with Crippen LogP contribution in [0.25, 0.3) is 0 Å². The number of halogens is 1. The monoisotopic (exact) mass is 236 g/mol. The number of piperidine rings is 1. The van der Waals surface area contributed by atoms with E-state index in [9.17, 15) is 9.18 Å². The Morgan fingerprint density at radius 2 is 2.29 bits per heavy atom. The minimum absolute atomic E-state index is 0.0490. The average molecular weight is 236 g/mol. The van der Waals surface area contributed by atoms with Crippen LogP contribution in [0.5, 0.6) is 0 Å². The Kier molecular flexibility index (Phi) is 3.31. The van der Waals surface area contributed by atoms with Crippen LogP contribution in [0.1, 0.15) is 25.3 Å². The summed E-state index contributed by atoms with van der Waals surface area (Å²) in [5, 5.41) is 0. The Morgan fingerprint density at radius 3 is 3.06 bits per heavy atom. The molecule has 92 valence electrons. The number of benzene rings is 1. The molecule has 1 aliphatic heterocycles. The van der Waals surface area contributed by atoms with Crippen molar-refractivity contribution in [1.29, 1.82) is 0 Å². The molecule has 1 aromatic rings. The minimum Gasteiger partial charge on any atom is -0.396 e. The number of nitrogens with zero attached hydrogens (tertiary/aromatic N) is 1. The molecule has 17 heavy (non-hydrogen) atoms. The van der Waals surface area contributed by atoms with E-state index in [4.69, 9.17) is 5.73 Å². The lowest BCUT2D eigenvalue weighted by Gasteiger charge is -2.30. The van der Waals surface area contributed by atoms with Crippen LogP contribution >= 0.6 is 0 Å². The highest BCUT2D eigenvalue weighted by atomic mass is 19.1. The van der Waals surface area contributed by atoms with E-state index in [1.807, 2.05) is 6.92 Å². The Balaban J connectivity index is 2.15. The maximum atomic E-state index is 13.7. The number of carbonyl (C=O) groups is 1. The van der Waals surface area contributed by atoms with Crippen molar-refractivity contribution in [2.24, 2.45) is 5.92 Å².